The molecule has 2 unspecified atom stereocenters. The van der Waals surface area contributed by atoms with Crippen molar-refractivity contribution in [3.05, 3.63) is 102 Å². The normalized spacial score (nSPS) is 20.8. The van der Waals surface area contributed by atoms with Crippen LogP contribution in [-0.4, -0.2) is 11.6 Å². The van der Waals surface area contributed by atoms with E-state index >= 15 is 0 Å². The SMILES string of the molecule is CCCC1C(=O)C(c2ccccc2)(c2cccc(NCc3ccccc3)c2)N=C1N. The molecule has 0 spiro atoms. The highest BCUT2D eigenvalue weighted by molar-refractivity contribution is 6.14. The van der Waals surface area contributed by atoms with E-state index in [1.165, 1.54) is 5.56 Å². The standard InChI is InChI=1S/C26H27N3O/c1-2-10-23-24(30)26(29-25(23)27,20-13-7-4-8-14-20)21-15-9-16-22(17-21)28-18-19-11-5-3-6-12-19/h3-9,11-17,23,28H,2,10,18H2,1H3,(H2,27,29). The van der Waals surface area contributed by atoms with Gasteiger partial charge in [0.25, 0.3) is 0 Å². The van der Waals surface area contributed by atoms with Gasteiger partial charge < -0.3 is 11.1 Å². The third-order valence-corrected chi connectivity index (χ3v) is 5.72. The maximum atomic E-state index is 13.7. The van der Waals surface area contributed by atoms with Crippen LogP contribution in [0.2, 0.25) is 0 Å². The molecule has 4 rings (SSSR count). The Morgan fingerprint density at radius 3 is 2.30 bits per heavy atom. The zero-order valence-electron chi connectivity index (χ0n) is 17.2. The van der Waals surface area contributed by atoms with E-state index in [9.17, 15) is 4.79 Å². The smallest absolute Gasteiger partial charge is 0.180 e. The minimum Gasteiger partial charge on any atom is -0.387 e. The summed E-state index contributed by atoms with van der Waals surface area (Å²) in [5, 5.41) is 3.46. The lowest BCUT2D eigenvalue weighted by molar-refractivity contribution is -0.124. The Balaban J connectivity index is 1.73. The van der Waals surface area contributed by atoms with Gasteiger partial charge in [0.1, 0.15) is 5.84 Å². The molecule has 1 aliphatic heterocycles. The number of amidine groups is 1. The molecule has 152 valence electrons. The van der Waals surface area contributed by atoms with Gasteiger partial charge >= 0.3 is 0 Å². The van der Waals surface area contributed by atoms with Gasteiger partial charge in [-0.15, -0.1) is 0 Å². The molecule has 0 aromatic heterocycles. The monoisotopic (exact) mass is 397 g/mol. The topological polar surface area (TPSA) is 67.5 Å². The van der Waals surface area contributed by atoms with Crippen molar-refractivity contribution in [2.75, 3.05) is 5.32 Å². The van der Waals surface area contributed by atoms with Crippen LogP contribution in [0.5, 0.6) is 0 Å². The minimum atomic E-state index is -1.09. The first-order valence-electron chi connectivity index (χ1n) is 10.5. The van der Waals surface area contributed by atoms with Gasteiger partial charge in [-0.05, 0) is 35.2 Å². The largest absolute Gasteiger partial charge is 0.387 e. The first-order chi connectivity index (χ1) is 14.6. The summed E-state index contributed by atoms with van der Waals surface area (Å²) in [5.74, 6) is 0.165. The van der Waals surface area contributed by atoms with Gasteiger partial charge in [0.2, 0.25) is 0 Å². The van der Waals surface area contributed by atoms with Crippen LogP contribution in [0.3, 0.4) is 0 Å². The molecule has 3 aromatic rings. The van der Waals surface area contributed by atoms with Crippen molar-refractivity contribution in [3.8, 4) is 0 Å². The molecule has 4 nitrogen and oxygen atoms in total. The van der Waals surface area contributed by atoms with Gasteiger partial charge in [-0.2, -0.15) is 0 Å². The summed E-state index contributed by atoms with van der Waals surface area (Å²) in [5.41, 5.74) is 9.06. The maximum Gasteiger partial charge on any atom is 0.180 e. The van der Waals surface area contributed by atoms with E-state index in [1.807, 2.05) is 72.8 Å². The maximum absolute atomic E-state index is 13.7. The van der Waals surface area contributed by atoms with Crippen LogP contribution < -0.4 is 11.1 Å². The molecule has 30 heavy (non-hydrogen) atoms. The van der Waals surface area contributed by atoms with E-state index in [4.69, 9.17) is 10.7 Å². The van der Waals surface area contributed by atoms with E-state index in [1.54, 1.807) is 0 Å². The Morgan fingerprint density at radius 2 is 1.60 bits per heavy atom. The number of hydrogen-bond donors (Lipinski definition) is 2. The van der Waals surface area contributed by atoms with Crippen molar-refractivity contribution < 1.29 is 4.79 Å². The number of benzene rings is 3. The van der Waals surface area contributed by atoms with Gasteiger partial charge in [-0.1, -0.05) is 86.1 Å². The average molecular weight is 398 g/mol. The average Bonchev–Trinajstić information content (AvgIpc) is 3.05. The van der Waals surface area contributed by atoms with Crippen LogP contribution in [-0.2, 0) is 16.9 Å². The van der Waals surface area contributed by atoms with Gasteiger partial charge in [0.05, 0.1) is 5.92 Å². The third-order valence-electron chi connectivity index (χ3n) is 5.72. The Bertz CT molecular complexity index is 1050. The van der Waals surface area contributed by atoms with E-state index in [-0.39, 0.29) is 11.7 Å². The summed E-state index contributed by atoms with van der Waals surface area (Å²) in [6.07, 6.45) is 1.60. The number of aliphatic imine (C=N–C) groups is 1. The number of hydrogen-bond acceptors (Lipinski definition) is 4. The van der Waals surface area contributed by atoms with E-state index in [2.05, 4.69) is 24.4 Å². The van der Waals surface area contributed by atoms with Gasteiger partial charge in [0, 0.05) is 12.2 Å². The van der Waals surface area contributed by atoms with Crippen LogP contribution in [0.4, 0.5) is 5.69 Å². The van der Waals surface area contributed by atoms with Crippen molar-refractivity contribution in [2.45, 2.75) is 31.8 Å². The molecule has 0 radical (unpaired) electrons. The molecule has 1 aliphatic rings. The number of carbonyl (C=O) groups excluding carboxylic acids is 1. The third kappa shape index (κ3) is 3.61. The van der Waals surface area contributed by atoms with Crippen LogP contribution in [0, 0.1) is 5.92 Å². The lowest BCUT2D eigenvalue weighted by Crippen LogP contribution is -2.36. The van der Waals surface area contributed by atoms with Gasteiger partial charge in [-0.3, -0.25) is 4.79 Å². The first kappa shape index (κ1) is 19.9. The molecular formula is C26H27N3O. The highest BCUT2D eigenvalue weighted by atomic mass is 16.1. The van der Waals surface area contributed by atoms with Crippen molar-refractivity contribution in [2.24, 2.45) is 16.6 Å². The Hall–Kier alpha value is -3.40. The number of nitrogens with two attached hydrogens (primary N) is 1. The predicted molar refractivity (Wildman–Crippen MR) is 122 cm³/mol. The number of nitrogens with one attached hydrogen (secondary N) is 1. The van der Waals surface area contributed by atoms with Crippen molar-refractivity contribution in [1.82, 2.24) is 0 Å². The van der Waals surface area contributed by atoms with E-state index in [0.29, 0.717) is 18.8 Å². The van der Waals surface area contributed by atoms with Crippen LogP contribution >= 0.6 is 0 Å². The Labute approximate surface area is 177 Å². The Kier molecular flexibility index (Phi) is 5.66. The van der Waals surface area contributed by atoms with Crippen molar-refractivity contribution in [1.29, 1.82) is 0 Å². The fourth-order valence-corrected chi connectivity index (χ4v) is 4.19. The zero-order valence-corrected chi connectivity index (χ0v) is 17.2. The lowest BCUT2D eigenvalue weighted by Gasteiger charge is -2.27. The van der Waals surface area contributed by atoms with E-state index in [0.717, 1.165) is 23.2 Å². The summed E-state index contributed by atoms with van der Waals surface area (Å²) in [6, 6.07) is 28.0. The number of carbonyl (C=O) groups is 1. The molecule has 0 aliphatic carbocycles. The second-order valence-electron chi connectivity index (χ2n) is 7.74. The molecule has 0 amide bonds. The summed E-state index contributed by atoms with van der Waals surface area (Å²) in [4.78, 5) is 18.5. The molecule has 0 fully saturated rings. The summed E-state index contributed by atoms with van der Waals surface area (Å²) in [7, 11) is 0. The predicted octanol–water partition coefficient (Wildman–Crippen LogP) is 4.90. The van der Waals surface area contributed by atoms with Crippen molar-refractivity contribution >= 4 is 17.3 Å². The quantitative estimate of drug-likeness (QED) is 0.596. The number of rotatable bonds is 7. The van der Waals surface area contributed by atoms with Gasteiger partial charge in [0.15, 0.2) is 11.3 Å². The second kappa shape index (κ2) is 8.54. The molecule has 0 saturated heterocycles. The molecule has 2 atom stereocenters. The number of anilines is 1. The molecule has 0 saturated carbocycles. The molecule has 3 aromatic carbocycles. The second-order valence-corrected chi connectivity index (χ2v) is 7.74. The van der Waals surface area contributed by atoms with Crippen LogP contribution in [0.25, 0.3) is 0 Å². The molecule has 4 heteroatoms. The van der Waals surface area contributed by atoms with Crippen LogP contribution in [0.1, 0.15) is 36.5 Å². The fraction of sp³-hybridized carbons (Fsp3) is 0.231. The summed E-state index contributed by atoms with van der Waals surface area (Å²) in [6.45, 7) is 2.78. The van der Waals surface area contributed by atoms with Gasteiger partial charge in [-0.25, -0.2) is 4.99 Å². The summed E-state index contributed by atoms with van der Waals surface area (Å²) < 4.78 is 0. The Morgan fingerprint density at radius 1 is 0.933 bits per heavy atom. The molecule has 1 heterocycles. The summed E-state index contributed by atoms with van der Waals surface area (Å²) >= 11 is 0. The highest BCUT2D eigenvalue weighted by Gasteiger charge is 2.50. The first-order valence-corrected chi connectivity index (χ1v) is 10.5. The molecule has 0 bridgehead atoms. The fourth-order valence-electron chi connectivity index (χ4n) is 4.19. The zero-order chi connectivity index (χ0) is 21.0. The lowest BCUT2D eigenvalue weighted by atomic mass is 9.77. The molecular weight excluding hydrogens is 370 g/mol. The number of Topliss-reactive ketones (excluding diaryl/α,β-unsaturated/α-hetero) is 1. The minimum absolute atomic E-state index is 0.0632. The highest BCUT2D eigenvalue weighted by Crippen LogP contribution is 2.43. The number of nitrogens with zero attached hydrogens (tertiary/aromatic N) is 1. The van der Waals surface area contributed by atoms with E-state index < -0.39 is 5.54 Å². The van der Waals surface area contributed by atoms with Crippen molar-refractivity contribution in [3.63, 3.8) is 0 Å². The molecule has 3 N–H and O–H groups in total. The number of ketones is 1. The van der Waals surface area contributed by atoms with Crippen LogP contribution in [0.15, 0.2) is 89.9 Å².